The van der Waals surface area contributed by atoms with E-state index < -0.39 is 30.1 Å². The fourth-order valence-corrected chi connectivity index (χ4v) is 2.85. The number of urea groups is 1. The highest BCUT2D eigenvalue weighted by Gasteiger charge is 2.28. The van der Waals surface area contributed by atoms with E-state index in [4.69, 9.17) is 9.47 Å². The summed E-state index contributed by atoms with van der Waals surface area (Å²) in [5.41, 5.74) is 0. The predicted octanol–water partition coefficient (Wildman–Crippen LogP) is 1.44. The molecule has 1 unspecified atom stereocenters. The van der Waals surface area contributed by atoms with E-state index in [0.717, 1.165) is 0 Å². The topological polar surface area (TPSA) is 123 Å². The van der Waals surface area contributed by atoms with Crippen LogP contribution in [0, 0.1) is 11.8 Å². The molecule has 30 heavy (non-hydrogen) atoms. The standard InChI is InChI=1S/C21H33N3O6/c1-5-29-18(25)10-8-16(13-15-11-12-22-19(15)26)23-21(28)24-17(9-7-14(3)4)20(27)30-6-2/h7-10,14-17H,5-6,11-13H2,1-4H3,(H,22,26)(H2,23,24,28)/b9-7+,10-8+/t15-,16+,17?/m0/s1. The summed E-state index contributed by atoms with van der Waals surface area (Å²) >= 11 is 0. The van der Waals surface area contributed by atoms with E-state index in [1.54, 1.807) is 26.0 Å². The van der Waals surface area contributed by atoms with Gasteiger partial charge in [0.25, 0.3) is 0 Å². The second kappa shape index (κ2) is 13.4. The summed E-state index contributed by atoms with van der Waals surface area (Å²) in [6.07, 6.45) is 7.06. The minimum Gasteiger partial charge on any atom is -0.464 e. The molecule has 0 bridgehead atoms. The monoisotopic (exact) mass is 423 g/mol. The van der Waals surface area contributed by atoms with Crippen molar-refractivity contribution in [1.29, 1.82) is 0 Å². The van der Waals surface area contributed by atoms with Crippen molar-refractivity contribution in [2.45, 2.75) is 52.6 Å². The number of esters is 2. The predicted molar refractivity (Wildman–Crippen MR) is 111 cm³/mol. The average Bonchev–Trinajstić information content (AvgIpc) is 3.08. The van der Waals surface area contributed by atoms with Gasteiger partial charge in [-0.2, -0.15) is 0 Å². The number of allylic oxidation sites excluding steroid dienone is 1. The first-order chi connectivity index (χ1) is 14.3. The highest BCUT2D eigenvalue weighted by atomic mass is 16.5. The summed E-state index contributed by atoms with van der Waals surface area (Å²) in [4.78, 5) is 48.2. The fraction of sp³-hybridized carbons (Fsp3) is 0.619. The molecule has 0 aliphatic carbocycles. The first-order valence-corrected chi connectivity index (χ1v) is 10.3. The molecule has 3 N–H and O–H groups in total. The van der Waals surface area contributed by atoms with Crippen LogP contribution in [0.2, 0.25) is 0 Å². The number of ether oxygens (including phenoxy) is 2. The minimum atomic E-state index is -0.947. The first kappa shape index (κ1) is 25.2. The molecule has 0 aromatic carbocycles. The molecule has 0 spiro atoms. The van der Waals surface area contributed by atoms with Crippen LogP contribution in [0.15, 0.2) is 24.3 Å². The highest BCUT2D eigenvalue weighted by Crippen LogP contribution is 2.17. The van der Waals surface area contributed by atoms with Gasteiger partial charge in [-0.3, -0.25) is 4.79 Å². The van der Waals surface area contributed by atoms with E-state index in [0.29, 0.717) is 19.4 Å². The third-order valence-electron chi connectivity index (χ3n) is 4.28. The lowest BCUT2D eigenvalue weighted by molar-refractivity contribution is -0.144. The number of amides is 3. The molecule has 3 atom stereocenters. The van der Waals surface area contributed by atoms with Gasteiger partial charge in [0.1, 0.15) is 6.04 Å². The minimum absolute atomic E-state index is 0.0870. The van der Waals surface area contributed by atoms with Crippen molar-refractivity contribution in [3.05, 3.63) is 24.3 Å². The number of hydrogen-bond donors (Lipinski definition) is 3. The Morgan fingerprint density at radius 2 is 1.80 bits per heavy atom. The molecule has 1 fully saturated rings. The van der Waals surface area contributed by atoms with Crippen LogP contribution >= 0.6 is 0 Å². The molecule has 0 aromatic heterocycles. The SMILES string of the molecule is CCOC(=O)/C=C/[C@H](C[C@@H]1CCNC1=O)NC(=O)NC(/C=C/C(C)C)C(=O)OCC. The van der Waals surface area contributed by atoms with Gasteiger partial charge >= 0.3 is 18.0 Å². The van der Waals surface area contributed by atoms with Crippen molar-refractivity contribution in [1.82, 2.24) is 16.0 Å². The third kappa shape index (κ3) is 9.58. The van der Waals surface area contributed by atoms with Crippen molar-refractivity contribution in [3.63, 3.8) is 0 Å². The van der Waals surface area contributed by atoms with E-state index in [2.05, 4.69) is 16.0 Å². The quantitative estimate of drug-likeness (QED) is 0.263. The molecule has 1 aliphatic rings. The van der Waals surface area contributed by atoms with Crippen molar-refractivity contribution >= 4 is 23.9 Å². The number of nitrogens with one attached hydrogen (secondary N) is 3. The number of carbonyl (C=O) groups is 4. The van der Waals surface area contributed by atoms with E-state index in [1.165, 1.54) is 12.2 Å². The molecule has 9 nitrogen and oxygen atoms in total. The Labute approximate surface area is 177 Å². The molecule has 0 radical (unpaired) electrons. The van der Waals surface area contributed by atoms with Crippen LogP contribution < -0.4 is 16.0 Å². The molecule has 1 aliphatic heterocycles. The largest absolute Gasteiger partial charge is 0.464 e. The second-order valence-electron chi connectivity index (χ2n) is 7.21. The van der Waals surface area contributed by atoms with Crippen LogP contribution in [-0.4, -0.2) is 55.7 Å². The Bertz CT molecular complexity index is 659. The maximum Gasteiger partial charge on any atom is 0.332 e. The zero-order valence-corrected chi connectivity index (χ0v) is 18.1. The van der Waals surface area contributed by atoms with Crippen LogP contribution in [0.3, 0.4) is 0 Å². The van der Waals surface area contributed by atoms with Gasteiger partial charge in [0.05, 0.1) is 19.3 Å². The van der Waals surface area contributed by atoms with Crippen LogP contribution in [0.1, 0.15) is 40.5 Å². The van der Waals surface area contributed by atoms with Crippen molar-refractivity contribution in [3.8, 4) is 0 Å². The van der Waals surface area contributed by atoms with Gasteiger partial charge in [-0.05, 0) is 32.6 Å². The lowest BCUT2D eigenvalue weighted by atomic mass is 9.98. The molecule has 1 saturated heterocycles. The molecular weight excluding hydrogens is 390 g/mol. The van der Waals surface area contributed by atoms with Crippen molar-refractivity contribution in [2.24, 2.45) is 11.8 Å². The Balaban J connectivity index is 2.84. The van der Waals surface area contributed by atoms with Crippen LogP contribution in [0.25, 0.3) is 0 Å². The smallest absolute Gasteiger partial charge is 0.332 e. The molecule has 0 saturated carbocycles. The zero-order chi connectivity index (χ0) is 22.5. The lowest BCUT2D eigenvalue weighted by Crippen LogP contribution is -2.49. The average molecular weight is 424 g/mol. The Kier molecular flexibility index (Phi) is 11.3. The van der Waals surface area contributed by atoms with Crippen LogP contribution in [0.4, 0.5) is 4.79 Å². The molecule has 0 aromatic rings. The van der Waals surface area contributed by atoms with E-state index in [9.17, 15) is 19.2 Å². The van der Waals surface area contributed by atoms with Crippen molar-refractivity contribution in [2.75, 3.05) is 19.8 Å². The highest BCUT2D eigenvalue weighted by molar-refractivity contribution is 5.86. The molecule has 3 amide bonds. The van der Waals surface area contributed by atoms with Crippen LogP contribution in [-0.2, 0) is 23.9 Å². The third-order valence-corrected chi connectivity index (χ3v) is 4.28. The number of hydrogen-bond acceptors (Lipinski definition) is 6. The molecule has 168 valence electrons. The van der Waals surface area contributed by atoms with Gasteiger partial charge in [-0.1, -0.05) is 32.1 Å². The molecule has 1 heterocycles. The Morgan fingerprint density at radius 1 is 1.10 bits per heavy atom. The van der Waals surface area contributed by atoms with E-state index >= 15 is 0 Å². The summed E-state index contributed by atoms with van der Waals surface area (Å²) in [6.45, 7) is 8.27. The van der Waals surface area contributed by atoms with E-state index in [-0.39, 0.29) is 31.0 Å². The Hall–Kier alpha value is -2.84. The van der Waals surface area contributed by atoms with Gasteiger partial charge in [0.15, 0.2) is 0 Å². The maximum atomic E-state index is 12.5. The fourth-order valence-electron chi connectivity index (χ4n) is 2.85. The number of rotatable bonds is 11. The summed E-state index contributed by atoms with van der Waals surface area (Å²) in [5.74, 6) is -1.28. The van der Waals surface area contributed by atoms with Gasteiger partial charge in [-0.15, -0.1) is 0 Å². The first-order valence-electron chi connectivity index (χ1n) is 10.3. The second-order valence-corrected chi connectivity index (χ2v) is 7.21. The number of carbonyl (C=O) groups excluding carboxylic acids is 4. The van der Waals surface area contributed by atoms with Gasteiger partial charge < -0.3 is 25.4 Å². The summed E-state index contributed by atoms with van der Waals surface area (Å²) in [5, 5.41) is 8.03. The summed E-state index contributed by atoms with van der Waals surface area (Å²) < 4.78 is 9.87. The molecule has 1 rings (SSSR count). The van der Waals surface area contributed by atoms with Gasteiger partial charge in [0, 0.05) is 18.5 Å². The van der Waals surface area contributed by atoms with Crippen molar-refractivity contribution < 1.29 is 28.7 Å². The summed E-state index contributed by atoms with van der Waals surface area (Å²) in [6, 6.07) is -2.16. The summed E-state index contributed by atoms with van der Waals surface area (Å²) in [7, 11) is 0. The van der Waals surface area contributed by atoms with Gasteiger partial charge in [-0.25, -0.2) is 14.4 Å². The zero-order valence-electron chi connectivity index (χ0n) is 18.1. The molecule has 9 heteroatoms. The van der Waals surface area contributed by atoms with Gasteiger partial charge in [0.2, 0.25) is 5.91 Å². The Morgan fingerprint density at radius 3 is 2.37 bits per heavy atom. The maximum absolute atomic E-state index is 12.5. The van der Waals surface area contributed by atoms with E-state index in [1.807, 2.05) is 13.8 Å². The lowest BCUT2D eigenvalue weighted by Gasteiger charge is -2.20. The van der Waals surface area contributed by atoms with Crippen LogP contribution in [0.5, 0.6) is 0 Å². The molecular formula is C21H33N3O6. The normalized spacial score (nSPS) is 18.3.